The molecule has 2 aliphatic rings. The number of amides is 1. The van der Waals surface area contributed by atoms with Gasteiger partial charge in [-0.05, 0) is 35.4 Å². The highest BCUT2D eigenvalue weighted by Gasteiger charge is 2.45. The fraction of sp³-hybridized carbons (Fsp3) is 0.391. The number of nitrogens with zero attached hydrogens (tertiary/aromatic N) is 1. The lowest BCUT2D eigenvalue weighted by Gasteiger charge is -2.42. The highest BCUT2D eigenvalue weighted by molar-refractivity contribution is 7.10. The molecule has 0 N–H and O–H groups in total. The Balaban J connectivity index is 1.91. The zero-order valence-corrected chi connectivity index (χ0v) is 18.0. The highest BCUT2D eigenvalue weighted by atomic mass is 32.1. The van der Waals surface area contributed by atoms with E-state index in [1.54, 1.807) is 36.5 Å². The Hall–Kier alpha value is -2.60. The van der Waals surface area contributed by atoms with Gasteiger partial charge in [-0.2, -0.15) is 0 Å². The predicted octanol–water partition coefficient (Wildman–Crippen LogP) is 4.93. The molecule has 0 fully saturated rings. The van der Waals surface area contributed by atoms with Gasteiger partial charge in [0, 0.05) is 41.0 Å². The Kier molecular flexibility index (Phi) is 4.99. The normalized spacial score (nSPS) is 21.2. The molecule has 1 aliphatic carbocycles. The largest absolute Gasteiger partial charge is 0.497 e. The maximum Gasteiger partial charge on any atom is 0.232 e. The number of ketones is 1. The molecule has 0 radical (unpaired) electrons. The summed E-state index contributed by atoms with van der Waals surface area (Å²) in [7, 11) is 3.17. The van der Waals surface area contributed by atoms with Crippen molar-refractivity contribution < 1.29 is 19.1 Å². The van der Waals surface area contributed by atoms with Gasteiger partial charge in [0.2, 0.25) is 5.91 Å². The molecule has 2 heterocycles. The molecule has 1 aromatic carbocycles. The summed E-state index contributed by atoms with van der Waals surface area (Å²) in [5, 5.41) is 2.00. The van der Waals surface area contributed by atoms with E-state index in [4.69, 9.17) is 9.47 Å². The summed E-state index contributed by atoms with van der Waals surface area (Å²) in [6, 6.07) is 9.40. The van der Waals surface area contributed by atoms with Crippen molar-refractivity contribution in [1.29, 1.82) is 0 Å². The van der Waals surface area contributed by atoms with Crippen LogP contribution in [0.5, 0.6) is 11.5 Å². The molecule has 152 valence electrons. The van der Waals surface area contributed by atoms with Crippen molar-refractivity contribution in [3.63, 3.8) is 0 Å². The van der Waals surface area contributed by atoms with Crippen LogP contribution in [-0.2, 0) is 9.59 Å². The van der Waals surface area contributed by atoms with E-state index in [1.165, 1.54) is 0 Å². The number of methoxy groups -OCH3 is 2. The number of benzene rings is 1. The van der Waals surface area contributed by atoms with Crippen LogP contribution in [0.3, 0.4) is 0 Å². The molecule has 4 rings (SSSR count). The van der Waals surface area contributed by atoms with Gasteiger partial charge in [0.1, 0.15) is 11.5 Å². The minimum absolute atomic E-state index is 0.0175. The van der Waals surface area contributed by atoms with Gasteiger partial charge in [-0.15, -0.1) is 11.3 Å². The zero-order chi connectivity index (χ0) is 20.8. The molecule has 1 unspecified atom stereocenters. The summed E-state index contributed by atoms with van der Waals surface area (Å²) < 4.78 is 10.9. The van der Waals surface area contributed by atoms with E-state index >= 15 is 0 Å². The van der Waals surface area contributed by atoms with Crippen LogP contribution < -0.4 is 14.4 Å². The minimum atomic E-state index is -0.203. The molecule has 5 nitrogen and oxygen atoms in total. The first-order chi connectivity index (χ1) is 13.8. The van der Waals surface area contributed by atoms with Crippen molar-refractivity contribution >= 4 is 28.7 Å². The molecule has 1 amide bonds. The van der Waals surface area contributed by atoms with Gasteiger partial charge in [0.05, 0.1) is 19.9 Å². The summed E-state index contributed by atoms with van der Waals surface area (Å²) in [5.74, 6) is 1.16. The van der Waals surface area contributed by atoms with Crippen LogP contribution in [0, 0.1) is 5.41 Å². The lowest BCUT2D eigenvalue weighted by molar-refractivity contribution is -0.120. The lowest BCUT2D eigenvalue weighted by Crippen LogP contribution is -2.43. The maximum atomic E-state index is 13.4. The van der Waals surface area contributed by atoms with Crippen LogP contribution in [0.25, 0.3) is 0 Å². The molecule has 1 aliphatic heterocycles. The number of thiophene rings is 1. The lowest BCUT2D eigenvalue weighted by atomic mass is 9.70. The number of ether oxygens (including phenoxy) is 2. The van der Waals surface area contributed by atoms with E-state index in [0.717, 1.165) is 16.1 Å². The highest BCUT2D eigenvalue weighted by Crippen LogP contribution is 2.50. The zero-order valence-electron chi connectivity index (χ0n) is 17.2. The second-order valence-corrected chi connectivity index (χ2v) is 9.32. The number of allylic oxidation sites excluding steroid dienone is 2. The fourth-order valence-corrected chi connectivity index (χ4v) is 5.23. The molecular weight excluding hydrogens is 386 g/mol. The van der Waals surface area contributed by atoms with Crippen molar-refractivity contribution in [3.05, 3.63) is 51.9 Å². The van der Waals surface area contributed by atoms with Crippen LogP contribution >= 0.6 is 11.3 Å². The van der Waals surface area contributed by atoms with Crippen LogP contribution in [0.2, 0.25) is 0 Å². The number of anilines is 1. The number of carbonyl (C=O) groups is 2. The number of hydrogen-bond donors (Lipinski definition) is 0. The smallest absolute Gasteiger partial charge is 0.232 e. The van der Waals surface area contributed by atoms with Crippen molar-refractivity contribution in [2.24, 2.45) is 5.41 Å². The molecule has 0 bridgehead atoms. The first-order valence-corrected chi connectivity index (χ1v) is 10.6. The standard InChI is InChI=1S/C23H25NO4S/c1-23(2)12-17-22(18(25)13-23)15(20-6-5-9-29-20)11-21(26)24(17)16-8-7-14(27-3)10-19(16)28-4/h5-10,15H,11-13H2,1-4H3. The number of Topliss-reactive ketones (excluding diaryl/α,β-unsaturated/α-hetero) is 1. The van der Waals surface area contributed by atoms with Crippen molar-refractivity contribution in [1.82, 2.24) is 0 Å². The molecule has 0 saturated heterocycles. The average molecular weight is 412 g/mol. The first kappa shape index (κ1) is 19.7. The maximum absolute atomic E-state index is 13.4. The molecule has 0 saturated carbocycles. The second kappa shape index (κ2) is 7.34. The number of hydrogen-bond acceptors (Lipinski definition) is 5. The minimum Gasteiger partial charge on any atom is -0.497 e. The Morgan fingerprint density at radius 2 is 1.90 bits per heavy atom. The van der Waals surface area contributed by atoms with E-state index in [2.05, 4.69) is 13.8 Å². The summed E-state index contributed by atoms with van der Waals surface area (Å²) in [5.41, 5.74) is 2.04. The fourth-order valence-electron chi connectivity index (χ4n) is 4.40. The Labute approximate surface area is 174 Å². The van der Waals surface area contributed by atoms with E-state index in [9.17, 15) is 9.59 Å². The molecule has 1 aromatic heterocycles. The predicted molar refractivity (Wildman–Crippen MR) is 114 cm³/mol. The monoisotopic (exact) mass is 411 g/mol. The summed E-state index contributed by atoms with van der Waals surface area (Å²) in [6.07, 6.45) is 1.44. The second-order valence-electron chi connectivity index (χ2n) is 8.34. The summed E-state index contributed by atoms with van der Waals surface area (Å²) in [4.78, 5) is 29.4. The third-order valence-electron chi connectivity index (χ3n) is 5.66. The summed E-state index contributed by atoms with van der Waals surface area (Å²) >= 11 is 1.60. The van der Waals surface area contributed by atoms with Crippen molar-refractivity contribution in [2.45, 2.75) is 39.0 Å². The molecular formula is C23H25NO4S. The first-order valence-electron chi connectivity index (χ1n) is 9.69. The van der Waals surface area contributed by atoms with Gasteiger partial charge in [-0.25, -0.2) is 0 Å². The molecule has 0 spiro atoms. The van der Waals surface area contributed by atoms with Crippen molar-refractivity contribution in [2.75, 3.05) is 19.1 Å². The van der Waals surface area contributed by atoms with Crippen LogP contribution in [0.4, 0.5) is 5.69 Å². The SMILES string of the molecule is COc1ccc(N2C(=O)CC(c3cccs3)C3=C2CC(C)(C)CC3=O)c(OC)c1. The van der Waals surface area contributed by atoms with Gasteiger partial charge in [0.25, 0.3) is 0 Å². The Morgan fingerprint density at radius 1 is 1.10 bits per heavy atom. The van der Waals surface area contributed by atoms with Gasteiger partial charge >= 0.3 is 0 Å². The molecule has 2 aromatic rings. The third kappa shape index (κ3) is 3.46. The molecule has 29 heavy (non-hydrogen) atoms. The van der Waals surface area contributed by atoms with Crippen LogP contribution in [0.1, 0.15) is 43.9 Å². The Morgan fingerprint density at radius 3 is 2.55 bits per heavy atom. The van der Waals surface area contributed by atoms with Gasteiger partial charge in [0.15, 0.2) is 5.78 Å². The molecule has 6 heteroatoms. The van der Waals surface area contributed by atoms with E-state index in [1.807, 2.05) is 29.6 Å². The quantitative estimate of drug-likeness (QED) is 0.716. The van der Waals surface area contributed by atoms with Crippen molar-refractivity contribution in [3.8, 4) is 11.5 Å². The number of carbonyl (C=O) groups excluding carboxylic acids is 2. The van der Waals surface area contributed by atoms with Gasteiger partial charge in [-0.3, -0.25) is 14.5 Å². The number of rotatable bonds is 4. The molecule has 1 atom stereocenters. The van der Waals surface area contributed by atoms with Gasteiger partial charge in [-0.1, -0.05) is 19.9 Å². The van der Waals surface area contributed by atoms with E-state index < -0.39 is 0 Å². The third-order valence-corrected chi connectivity index (χ3v) is 6.64. The average Bonchev–Trinajstić information content (AvgIpc) is 3.20. The summed E-state index contributed by atoms with van der Waals surface area (Å²) in [6.45, 7) is 4.16. The van der Waals surface area contributed by atoms with Crippen LogP contribution in [0.15, 0.2) is 47.0 Å². The van der Waals surface area contributed by atoms with E-state index in [0.29, 0.717) is 30.0 Å². The Bertz CT molecular complexity index is 990. The van der Waals surface area contributed by atoms with E-state index in [-0.39, 0.29) is 29.4 Å². The van der Waals surface area contributed by atoms with Crippen LogP contribution in [-0.4, -0.2) is 25.9 Å². The topological polar surface area (TPSA) is 55.8 Å². The van der Waals surface area contributed by atoms with Gasteiger partial charge < -0.3 is 9.47 Å².